The molecule has 0 bridgehead atoms. The third-order valence-corrected chi connectivity index (χ3v) is 6.03. The SMILES string of the molecule is CC(C)(C)CCCCCOP(=O)(OCCCCCC(C)(C)C)Oc1ccccc1. The average Bonchev–Trinajstić information content (AvgIpc) is 2.60. The van der Waals surface area contributed by atoms with Crippen LogP contribution >= 0.6 is 7.82 Å². The fraction of sp³-hybridized carbons (Fsp3) is 0.750. The molecule has 0 saturated heterocycles. The smallest absolute Gasteiger partial charge is 0.404 e. The molecule has 5 heteroatoms. The van der Waals surface area contributed by atoms with Gasteiger partial charge in [-0.2, -0.15) is 0 Å². The standard InChI is InChI=1S/C24H43O4P/c1-23(2,3)18-12-8-14-20-26-29(25,28-22-16-10-7-11-17-22)27-21-15-9-13-19-24(4,5)6/h7,10-11,16-17H,8-9,12-15,18-21H2,1-6H3. The van der Waals surface area contributed by atoms with Gasteiger partial charge in [0, 0.05) is 0 Å². The Balaban J connectivity index is 2.42. The number of hydrogen-bond donors (Lipinski definition) is 0. The summed E-state index contributed by atoms with van der Waals surface area (Å²) in [6.07, 6.45) is 8.45. The minimum Gasteiger partial charge on any atom is -0.404 e. The Kier molecular flexibility index (Phi) is 11.5. The molecule has 0 aliphatic carbocycles. The summed E-state index contributed by atoms with van der Waals surface area (Å²) in [6.45, 7) is 14.3. The van der Waals surface area contributed by atoms with Crippen LogP contribution in [0.2, 0.25) is 0 Å². The van der Waals surface area contributed by atoms with Gasteiger partial charge in [0.15, 0.2) is 0 Å². The second-order valence-electron chi connectivity index (χ2n) is 10.3. The zero-order valence-corrected chi connectivity index (χ0v) is 20.4. The lowest BCUT2D eigenvalue weighted by Gasteiger charge is -2.20. The monoisotopic (exact) mass is 426 g/mol. The lowest BCUT2D eigenvalue weighted by molar-refractivity contribution is 0.150. The van der Waals surface area contributed by atoms with E-state index in [2.05, 4.69) is 41.5 Å². The minimum atomic E-state index is -3.60. The van der Waals surface area contributed by atoms with Crippen molar-refractivity contribution in [3.63, 3.8) is 0 Å². The van der Waals surface area contributed by atoms with Crippen LogP contribution < -0.4 is 4.52 Å². The maximum atomic E-state index is 13.1. The molecule has 0 fully saturated rings. The predicted molar refractivity (Wildman–Crippen MR) is 122 cm³/mol. The molecule has 0 aromatic heterocycles. The number of benzene rings is 1. The maximum absolute atomic E-state index is 13.1. The van der Waals surface area contributed by atoms with Gasteiger partial charge in [0.1, 0.15) is 5.75 Å². The van der Waals surface area contributed by atoms with Crippen LogP contribution in [0, 0.1) is 10.8 Å². The molecule has 1 aromatic carbocycles. The molecule has 4 nitrogen and oxygen atoms in total. The van der Waals surface area contributed by atoms with E-state index in [4.69, 9.17) is 13.6 Å². The van der Waals surface area contributed by atoms with E-state index in [1.165, 1.54) is 12.8 Å². The van der Waals surface area contributed by atoms with Crippen LogP contribution in [0.15, 0.2) is 30.3 Å². The van der Waals surface area contributed by atoms with Gasteiger partial charge in [-0.1, -0.05) is 85.4 Å². The van der Waals surface area contributed by atoms with E-state index < -0.39 is 7.82 Å². The highest BCUT2D eigenvalue weighted by Gasteiger charge is 2.28. The number of para-hydroxylation sites is 1. The highest BCUT2D eigenvalue weighted by molar-refractivity contribution is 7.48. The summed E-state index contributed by atoms with van der Waals surface area (Å²) < 4.78 is 30.0. The third kappa shape index (κ3) is 14.7. The summed E-state index contributed by atoms with van der Waals surface area (Å²) in [4.78, 5) is 0. The lowest BCUT2D eigenvalue weighted by Crippen LogP contribution is -2.07. The van der Waals surface area contributed by atoms with E-state index in [1.54, 1.807) is 12.1 Å². The summed E-state index contributed by atoms with van der Waals surface area (Å²) in [6, 6.07) is 9.12. The normalized spacial score (nSPS) is 12.9. The van der Waals surface area contributed by atoms with Gasteiger partial charge in [-0.25, -0.2) is 4.57 Å². The molecule has 0 atom stereocenters. The maximum Gasteiger partial charge on any atom is 0.530 e. The molecule has 168 valence electrons. The first kappa shape index (κ1) is 26.2. The van der Waals surface area contributed by atoms with Gasteiger partial charge in [-0.15, -0.1) is 0 Å². The molecular weight excluding hydrogens is 383 g/mol. The predicted octanol–water partition coefficient (Wildman–Crippen LogP) is 8.42. The minimum absolute atomic E-state index is 0.350. The van der Waals surface area contributed by atoms with Gasteiger partial charge in [-0.05, 0) is 48.6 Å². The fourth-order valence-corrected chi connectivity index (χ4v) is 4.19. The van der Waals surface area contributed by atoms with E-state index in [9.17, 15) is 4.57 Å². The molecule has 0 heterocycles. The zero-order chi connectivity index (χ0) is 21.8. The molecular formula is C24H43O4P. The Bertz CT molecular complexity index is 557. The summed E-state index contributed by atoms with van der Waals surface area (Å²) in [5, 5.41) is 0. The summed E-state index contributed by atoms with van der Waals surface area (Å²) in [5.74, 6) is 0.510. The molecule has 0 N–H and O–H groups in total. The Morgan fingerprint density at radius 3 is 1.55 bits per heavy atom. The number of phosphoric acid groups is 1. The fourth-order valence-electron chi connectivity index (χ4n) is 2.92. The van der Waals surface area contributed by atoms with E-state index in [-0.39, 0.29) is 0 Å². The van der Waals surface area contributed by atoms with Crippen molar-refractivity contribution < 1.29 is 18.1 Å². The molecule has 0 spiro atoms. The van der Waals surface area contributed by atoms with E-state index >= 15 is 0 Å². The van der Waals surface area contributed by atoms with Crippen molar-refractivity contribution >= 4 is 7.82 Å². The second kappa shape index (κ2) is 12.8. The Hall–Kier alpha value is -0.830. The molecule has 0 aliphatic heterocycles. The average molecular weight is 427 g/mol. The van der Waals surface area contributed by atoms with Crippen LogP contribution in [0.1, 0.15) is 92.9 Å². The van der Waals surface area contributed by atoms with Gasteiger partial charge in [0.25, 0.3) is 0 Å². The van der Waals surface area contributed by atoms with Gasteiger partial charge >= 0.3 is 7.82 Å². The van der Waals surface area contributed by atoms with Crippen LogP contribution in [0.3, 0.4) is 0 Å². The highest BCUT2D eigenvalue weighted by Crippen LogP contribution is 2.49. The van der Waals surface area contributed by atoms with Crippen molar-refractivity contribution in [1.82, 2.24) is 0 Å². The number of hydrogen-bond acceptors (Lipinski definition) is 4. The molecule has 1 aromatic rings. The number of phosphoric ester groups is 1. The van der Waals surface area contributed by atoms with Crippen LogP contribution in [-0.4, -0.2) is 13.2 Å². The van der Waals surface area contributed by atoms with Crippen molar-refractivity contribution in [2.75, 3.05) is 13.2 Å². The second-order valence-corrected chi connectivity index (χ2v) is 11.9. The topological polar surface area (TPSA) is 44.8 Å². The summed E-state index contributed by atoms with van der Waals surface area (Å²) >= 11 is 0. The van der Waals surface area contributed by atoms with Crippen molar-refractivity contribution in [3.05, 3.63) is 30.3 Å². The van der Waals surface area contributed by atoms with Gasteiger partial charge in [-0.3, -0.25) is 9.05 Å². The summed E-state index contributed by atoms with van der Waals surface area (Å²) in [7, 11) is -3.60. The van der Waals surface area contributed by atoms with Crippen LogP contribution in [0.4, 0.5) is 0 Å². The molecule has 0 unspecified atom stereocenters. The number of rotatable bonds is 14. The molecule has 0 saturated carbocycles. The van der Waals surface area contributed by atoms with E-state index in [0.717, 1.165) is 38.5 Å². The Morgan fingerprint density at radius 2 is 1.14 bits per heavy atom. The van der Waals surface area contributed by atoms with Crippen molar-refractivity contribution in [2.24, 2.45) is 10.8 Å². The molecule has 0 amide bonds. The molecule has 0 aliphatic rings. The molecule has 1 rings (SSSR count). The first-order valence-electron chi connectivity index (χ1n) is 11.1. The quantitative estimate of drug-likeness (QED) is 0.221. The van der Waals surface area contributed by atoms with Gasteiger partial charge < -0.3 is 4.52 Å². The lowest BCUT2D eigenvalue weighted by atomic mass is 9.89. The summed E-state index contributed by atoms with van der Waals surface area (Å²) in [5.41, 5.74) is 0.700. The first-order valence-corrected chi connectivity index (χ1v) is 12.6. The number of unbranched alkanes of at least 4 members (excludes halogenated alkanes) is 4. The Labute approximate surface area is 179 Å². The van der Waals surface area contributed by atoms with Crippen LogP contribution in [0.25, 0.3) is 0 Å². The van der Waals surface area contributed by atoms with Crippen LogP contribution in [-0.2, 0) is 13.6 Å². The van der Waals surface area contributed by atoms with Crippen molar-refractivity contribution in [3.8, 4) is 5.75 Å². The highest BCUT2D eigenvalue weighted by atomic mass is 31.2. The molecule has 29 heavy (non-hydrogen) atoms. The zero-order valence-electron chi connectivity index (χ0n) is 19.5. The Morgan fingerprint density at radius 1 is 0.690 bits per heavy atom. The van der Waals surface area contributed by atoms with E-state index in [1.807, 2.05) is 18.2 Å². The van der Waals surface area contributed by atoms with Gasteiger partial charge in [0.05, 0.1) is 13.2 Å². The van der Waals surface area contributed by atoms with Crippen molar-refractivity contribution in [2.45, 2.75) is 92.9 Å². The first-order chi connectivity index (χ1) is 13.5. The van der Waals surface area contributed by atoms with Crippen LogP contribution in [0.5, 0.6) is 5.75 Å². The molecule has 0 radical (unpaired) electrons. The van der Waals surface area contributed by atoms with Gasteiger partial charge in [0.2, 0.25) is 0 Å². The van der Waals surface area contributed by atoms with Crippen molar-refractivity contribution in [1.29, 1.82) is 0 Å². The largest absolute Gasteiger partial charge is 0.530 e. The van der Waals surface area contributed by atoms with E-state index in [0.29, 0.717) is 29.8 Å². The third-order valence-electron chi connectivity index (χ3n) is 4.60.